The van der Waals surface area contributed by atoms with E-state index in [1.54, 1.807) is 6.07 Å². The number of rotatable bonds is 2. The first-order valence-electron chi connectivity index (χ1n) is 4.00. The number of aromatic nitrogens is 1. The average Bonchev–Trinajstić information content (AvgIpc) is 1.96. The summed E-state index contributed by atoms with van der Waals surface area (Å²) in [5, 5.41) is 0.410. The molecule has 1 rings (SSSR count). The summed E-state index contributed by atoms with van der Waals surface area (Å²) >= 11 is 5.76. The monoisotopic (exact) mass is 184 g/mol. The van der Waals surface area contributed by atoms with Gasteiger partial charge < -0.3 is 5.73 Å². The lowest BCUT2D eigenvalue weighted by molar-refractivity contribution is 0.635. The van der Waals surface area contributed by atoms with E-state index in [0.29, 0.717) is 16.8 Å². The van der Waals surface area contributed by atoms with Gasteiger partial charge in [0.15, 0.2) is 5.15 Å². The summed E-state index contributed by atoms with van der Waals surface area (Å²) in [7, 11) is 0. The number of nitrogens with zero attached hydrogens (tertiary/aromatic N) is 1. The van der Waals surface area contributed by atoms with Crippen molar-refractivity contribution in [1.29, 1.82) is 0 Å². The molecule has 0 amide bonds. The Morgan fingerprint density at radius 1 is 1.50 bits per heavy atom. The van der Waals surface area contributed by atoms with E-state index in [9.17, 15) is 0 Å². The minimum absolute atomic E-state index is 0.410. The lowest BCUT2D eigenvalue weighted by Gasteiger charge is -2.04. The number of nitrogen functional groups attached to an aromatic ring is 1. The maximum absolute atomic E-state index is 5.76. The second-order valence-corrected chi connectivity index (χ2v) is 3.64. The van der Waals surface area contributed by atoms with Gasteiger partial charge in [-0.1, -0.05) is 25.4 Å². The Balaban J connectivity index is 2.82. The van der Waals surface area contributed by atoms with Gasteiger partial charge in [-0.3, -0.25) is 0 Å². The molecule has 0 unspecified atom stereocenters. The quantitative estimate of drug-likeness (QED) is 0.718. The van der Waals surface area contributed by atoms with Gasteiger partial charge in [0.2, 0.25) is 0 Å². The number of halogens is 1. The molecule has 0 aliphatic carbocycles. The van der Waals surface area contributed by atoms with Crippen LogP contribution in [0.4, 0.5) is 5.69 Å². The molecule has 1 aromatic rings. The molecule has 0 aliphatic rings. The summed E-state index contributed by atoms with van der Waals surface area (Å²) in [6, 6.07) is 3.72. The number of hydrogen-bond donors (Lipinski definition) is 1. The highest BCUT2D eigenvalue weighted by atomic mass is 35.5. The molecule has 3 heteroatoms. The van der Waals surface area contributed by atoms with E-state index in [0.717, 1.165) is 12.1 Å². The Bertz CT molecular complexity index is 271. The van der Waals surface area contributed by atoms with Gasteiger partial charge in [0.05, 0.1) is 5.69 Å². The van der Waals surface area contributed by atoms with E-state index in [2.05, 4.69) is 18.8 Å². The summed E-state index contributed by atoms with van der Waals surface area (Å²) in [5.41, 5.74) is 7.07. The first-order valence-corrected chi connectivity index (χ1v) is 4.38. The van der Waals surface area contributed by atoms with Crippen LogP contribution in [0.3, 0.4) is 0 Å². The molecule has 1 heterocycles. The fraction of sp³-hybridized carbons (Fsp3) is 0.444. The maximum atomic E-state index is 5.76. The highest BCUT2D eigenvalue weighted by Crippen LogP contribution is 2.16. The van der Waals surface area contributed by atoms with Crippen LogP contribution in [0.2, 0.25) is 5.15 Å². The zero-order valence-electron chi connectivity index (χ0n) is 7.34. The van der Waals surface area contributed by atoms with Crippen LogP contribution < -0.4 is 5.73 Å². The van der Waals surface area contributed by atoms with Gasteiger partial charge >= 0.3 is 0 Å². The number of nitrogens with two attached hydrogens (primary N) is 1. The third-order valence-electron chi connectivity index (χ3n) is 1.55. The van der Waals surface area contributed by atoms with Gasteiger partial charge in [0, 0.05) is 5.69 Å². The van der Waals surface area contributed by atoms with Gasteiger partial charge in [-0.2, -0.15) is 0 Å². The van der Waals surface area contributed by atoms with E-state index in [-0.39, 0.29) is 0 Å². The SMILES string of the molecule is CC(C)Cc1ccc(N)c(Cl)n1. The minimum atomic E-state index is 0.410. The molecule has 0 spiro atoms. The summed E-state index contributed by atoms with van der Waals surface area (Å²) in [5.74, 6) is 0.595. The predicted molar refractivity (Wildman–Crippen MR) is 52.2 cm³/mol. The Kier molecular flexibility index (Phi) is 2.93. The smallest absolute Gasteiger partial charge is 0.152 e. The minimum Gasteiger partial charge on any atom is -0.396 e. The summed E-state index contributed by atoms with van der Waals surface area (Å²) in [6.07, 6.45) is 0.944. The normalized spacial score (nSPS) is 10.7. The van der Waals surface area contributed by atoms with Gasteiger partial charge in [-0.15, -0.1) is 0 Å². The van der Waals surface area contributed by atoms with Crippen molar-refractivity contribution in [1.82, 2.24) is 4.98 Å². The molecule has 2 N–H and O–H groups in total. The molecule has 0 bridgehead atoms. The van der Waals surface area contributed by atoms with Crippen molar-refractivity contribution < 1.29 is 0 Å². The molecule has 0 radical (unpaired) electrons. The molecule has 1 aromatic heterocycles. The third-order valence-corrected chi connectivity index (χ3v) is 1.86. The van der Waals surface area contributed by atoms with E-state index in [4.69, 9.17) is 17.3 Å². The van der Waals surface area contributed by atoms with Crippen molar-refractivity contribution in [3.63, 3.8) is 0 Å². The van der Waals surface area contributed by atoms with E-state index < -0.39 is 0 Å². The first-order chi connectivity index (χ1) is 5.59. The average molecular weight is 185 g/mol. The fourth-order valence-corrected chi connectivity index (χ4v) is 1.19. The third kappa shape index (κ3) is 2.38. The molecule has 0 fully saturated rings. The Morgan fingerprint density at radius 2 is 2.17 bits per heavy atom. The van der Waals surface area contributed by atoms with E-state index in [1.807, 2.05) is 6.07 Å². The van der Waals surface area contributed by atoms with Crippen molar-refractivity contribution in [3.8, 4) is 0 Å². The molecule has 2 nitrogen and oxygen atoms in total. The Labute approximate surface area is 77.8 Å². The van der Waals surface area contributed by atoms with Gasteiger partial charge in [-0.05, 0) is 24.5 Å². The van der Waals surface area contributed by atoms with E-state index in [1.165, 1.54) is 0 Å². The van der Waals surface area contributed by atoms with Crippen LogP contribution in [-0.2, 0) is 6.42 Å². The summed E-state index contributed by atoms with van der Waals surface area (Å²) in [6.45, 7) is 4.29. The molecular formula is C9H13ClN2. The molecule has 0 aliphatic heterocycles. The Morgan fingerprint density at radius 3 is 2.67 bits per heavy atom. The molecule has 0 saturated carbocycles. The van der Waals surface area contributed by atoms with Gasteiger partial charge in [0.25, 0.3) is 0 Å². The molecular weight excluding hydrogens is 172 g/mol. The molecule has 0 saturated heterocycles. The maximum Gasteiger partial charge on any atom is 0.152 e. The van der Waals surface area contributed by atoms with Crippen LogP contribution >= 0.6 is 11.6 Å². The fourth-order valence-electron chi connectivity index (χ4n) is 1.01. The van der Waals surface area contributed by atoms with Crippen LogP contribution in [0.1, 0.15) is 19.5 Å². The highest BCUT2D eigenvalue weighted by molar-refractivity contribution is 6.31. The van der Waals surface area contributed by atoms with Gasteiger partial charge in [-0.25, -0.2) is 4.98 Å². The summed E-state index contributed by atoms with van der Waals surface area (Å²) in [4.78, 5) is 4.15. The van der Waals surface area contributed by atoms with Crippen LogP contribution in [0, 0.1) is 5.92 Å². The molecule has 0 aromatic carbocycles. The van der Waals surface area contributed by atoms with Crippen molar-refractivity contribution in [2.75, 3.05) is 5.73 Å². The topological polar surface area (TPSA) is 38.9 Å². The van der Waals surface area contributed by atoms with Crippen LogP contribution in [-0.4, -0.2) is 4.98 Å². The second kappa shape index (κ2) is 3.76. The van der Waals surface area contributed by atoms with Crippen molar-refractivity contribution in [2.45, 2.75) is 20.3 Å². The van der Waals surface area contributed by atoms with Gasteiger partial charge in [0.1, 0.15) is 0 Å². The van der Waals surface area contributed by atoms with Crippen LogP contribution in [0.25, 0.3) is 0 Å². The molecule has 0 atom stereocenters. The molecule has 66 valence electrons. The largest absolute Gasteiger partial charge is 0.396 e. The zero-order valence-corrected chi connectivity index (χ0v) is 8.10. The molecule has 12 heavy (non-hydrogen) atoms. The lowest BCUT2D eigenvalue weighted by Crippen LogP contribution is -1.98. The Hall–Kier alpha value is -0.760. The number of pyridine rings is 1. The van der Waals surface area contributed by atoms with Crippen LogP contribution in [0.5, 0.6) is 0 Å². The van der Waals surface area contributed by atoms with Crippen molar-refractivity contribution in [3.05, 3.63) is 23.0 Å². The number of anilines is 1. The van der Waals surface area contributed by atoms with E-state index >= 15 is 0 Å². The predicted octanol–water partition coefficient (Wildman–Crippen LogP) is 2.52. The second-order valence-electron chi connectivity index (χ2n) is 3.28. The van der Waals surface area contributed by atoms with Crippen LogP contribution in [0.15, 0.2) is 12.1 Å². The first kappa shape index (κ1) is 9.33. The standard InChI is InChI=1S/C9H13ClN2/c1-6(2)5-7-3-4-8(11)9(10)12-7/h3-4,6H,5,11H2,1-2H3. The lowest BCUT2D eigenvalue weighted by atomic mass is 10.1. The van der Waals surface area contributed by atoms with Crippen molar-refractivity contribution >= 4 is 17.3 Å². The summed E-state index contributed by atoms with van der Waals surface area (Å²) < 4.78 is 0. The highest BCUT2D eigenvalue weighted by Gasteiger charge is 2.01. The number of hydrogen-bond acceptors (Lipinski definition) is 2. The van der Waals surface area contributed by atoms with Crippen molar-refractivity contribution in [2.24, 2.45) is 5.92 Å². The zero-order chi connectivity index (χ0) is 9.14.